The second-order valence-electron chi connectivity index (χ2n) is 3.95. The third-order valence-corrected chi connectivity index (χ3v) is 3.54. The molecule has 0 radical (unpaired) electrons. The molecule has 0 unspecified atom stereocenters. The predicted octanol–water partition coefficient (Wildman–Crippen LogP) is 2.43. The monoisotopic (exact) mass is 249 g/mol. The van der Waals surface area contributed by atoms with Gasteiger partial charge >= 0.3 is 0 Å². The fraction of sp³-hybridized carbons (Fsp3) is 0.333. The highest BCUT2D eigenvalue weighted by atomic mass is 32.2. The van der Waals surface area contributed by atoms with E-state index in [2.05, 4.69) is 14.5 Å². The maximum Gasteiger partial charge on any atom is 0.120 e. The fourth-order valence-electron chi connectivity index (χ4n) is 1.53. The summed E-state index contributed by atoms with van der Waals surface area (Å²) < 4.78 is 2.06. The molecule has 1 N–H and O–H groups in total. The van der Waals surface area contributed by atoms with Crippen molar-refractivity contribution in [1.82, 2.24) is 14.5 Å². The molecule has 0 aromatic carbocycles. The average molecular weight is 249 g/mol. The number of thioether (sulfide) groups is 1. The van der Waals surface area contributed by atoms with E-state index in [0.29, 0.717) is 0 Å². The number of aromatic nitrogens is 3. The zero-order chi connectivity index (χ0) is 12.4. The van der Waals surface area contributed by atoms with Crippen LogP contribution < -0.4 is 0 Å². The van der Waals surface area contributed by atoms with Crippen molar-refractivity contribution < 1.29 is 5.11 Å². The maximum atomic E-state index is 9.48. The number of rotatable bonds is 3. The molecule has 0 aliphatic carbocycles. The molecule has 17 heavy (non-hydrogen) atoms. The van der Waals surface area contributed by atoms with Crippen LogP contribution in [0.2, 0.25) is 0 Å². The number of hydrogen-bond donors (Lipinski definition) is 1. The van der Waals surface area contributed by atoms with Gasteiger partial charge in [-0.15, -0.1) is 0 Å². The van der Waals surface area contributed by atoms with Gasteiger partial charge in [-0.25, -0.2) is 9.97 Å². The van der Waals surface area contributed by atoms with E-state index < -0.39 is 0 Å². The largest absolute Gasteiger partial charge is 0.508 e. The van der Waals surface area contributed by atoms with Gasteiger partial charge < -0.3 is 9.67 Å². The van der Waals surface area contributed by atoms with Crippen LogP contribution in [0.15, 0.2) is 23.4 Å². The van der Waals surface area contributed by atoms with Crippen molar-refractivity contribution in [3.63, 3.8) is 0 Å². The lowest BCUT2D eigenvalue weighted by atomic mass is 10.4. The molecule has 0 amide bonds. The first kappa shape index (κ1) is 12.0. The molecule has 0 fully saturated rings. The van der Waals surface area contributed by atoms with Crippen molar-refractivity contribution in [2.24, 2.45) is 7.05 Å². The van der Waals surface area contributed by atoms with Crippen LogP contribution >= 0.6 is 11.8 Å². The van der Waals surface area contributed by atoms with Gasteiger partial charge in [-0.05, 0) is 13.8 Å². The Labute approximate surface area is 105 Å². The lowest BCUT2D eigenvalue weighted by molar-refractivity contribution is 0.471. The zero-order valence-electron chi connectivity index (χ0n) is 10.1. The molecule has 90 valence electrons. The van der Waals surface area contributed by atoms with E-state index in [-0.39, 0.29) is 5.75 Å². The second kappa shape index (κ2) is 4.79. The van der Waals surface area contributed by atoms with Gasteiger partial charge in [-0.3, -0.25) is 0 Å². The highest BCUT2D eigenvalue weighted by Gasteiger charge is 2.05. The Morgan fingerprint density at radius 1 is 1.35 bits per heavy atom. The number of aromatic hydroxyl groups is 1. The summed E-state index contributed by atoms with van der Waals surface area (Å²) in [6.07, 6.45) is 1.87. The van der Waals surface area contributed by atoms with Gasteiger partial charge in [0.05, 0.1) is 0 Å². The van der Waals surface area contributed by atoms with E-state index in [1.165, 1.54) is 0 Å². The molecule has 5 heteroatoms. The lowest BCUT2D eigenvalue weighted by Crippen LogP contribution is -1.96. The minimum Gasteiger partial charge on any atom is -0.508 e. The predicted molar refractivity (Wildman–Crippen MR) is 68.1 cm³/mol. The van der Waals surface area contributed by atoms with E-state index in [4.69, 9.17) is 0 Å². The normalized spacial score (nSPS) is 10.8. The van der Waals surface area contributed by atoms with Crippen LogP contribution in [-0.4, -0.2) is 19.6 Å². The third-order valence-electron chi connectivity index (χ3n) is 2.60. The number of imidazole rings is 1. The quantitative estimate of drug-likeness (QED) is 0.849. The molecule has 0 bridgehead atoms. The minimum absolute atomic E-state index is 0.265. The van der Waals surface area contributed by atoms with E-state index >= 15 is 0 Å². The van der Waals surface area contributed by atoms with E-state index in [0.717, 1.165) is 28.0 Å². The summed E-state index contributed by atoms with van der Waals surface area (Å²) in [5.41, 5.74) is 1.98. The van der Waals surface area contributed by atoms with Crippen molar-refractivity contribution >= 4 is 11.8 Å². The SMILES string of the molecule is Cc1cc(O)cc(SCc2cnc(C)n2C)n1. The van der Waals surface area contributed by atoms with Gasteiger partial charge in [0.25, 0.3) is 0 Å². The molecule has 0 spiro atoms. The van der Waals surface area contributed by atoms with Crippen LogP contribution in [-0.2, 0) is 12.8 Å². The van der Waals surface area contributed by atoms with E-state index in [9.17, 15) is 5.11 Å². The van der Waals surface area contributed by atoms with Crippen molar-refractivity contribution in [1.29, 1.82) is 0 Å². The molecule has 0 saturated carbocycles. The fourth-order valence-corrected chi connectivity index (χ4v) is 2.50. The van der Waals surface area contributed by atoms with Crippen molar-refractivity contribution in [3.05, 3.63) is 35.5 Å². The van der Waals surface area contributed by atoms with Crippen LogP contribution in [0.4, 0.5) is 0 Å². The zero-order valence-corrected chi connectivity index (χ0v) is 11.0. The molecule has 0 aliphatic heterocycles. The van der Waals surface area contributed by atoms with Crippen LogP contribution in [0, 0.1) is 13.8 Å². The Morgan fingerprint density at radius 2 is 2.12 bits per heavy atom. The van der Waals surface area contributed by atoms with Crippen LogP contribution in [0.25, 0.3) is 0 Å². The maximum absolute atomic E-state index is 9.48. The van der Waals surface area contributed by atoms with Gasteiger partial charge in [0, 0.05) is 42.5 Å². The Hall–Kier alpha value is -1.49. The molecule has 0 saturated heterocycles. The lowest BCUT2D eigenvalue weighted by Gasteiger charge is -2.04. The standard InChI is InChI=1S/C12H15N3OS/c1-8-4-11(16)5-12(14-8)17-7-10-6-13-9(2)15(10)3/h4-6H,7H2,1-3H3,(H,14,16). The van der Waals surface area contributed by atoms with Crippen molar-refractivity contribution in [2.75, 3.05) is 0 Å². The van der Waals surface area contributed by atoms with Crippen LogP contribution in [0.3, 0.4) is 0 Å². The first-order valence-electron chi connectivity index (χ1n) is 5.34. The van der Waals surface area contributed by atoms with Gasteiger partial charge in [0.1, 0.15) is 16.6 Å². The summed E-state index contributed by atoms with van der Waals surface area (Å²) in [6.45, 7) is 3.85. The molecule has 2 aromatic heterocycles. The van der Waals surface area contributed by atoms with E-state index in [1.807, 2.05) is 27.1 Å². The molecule has 2 rings (SSSR count). The Bertz CT molecular complexity index is 516. The first-order valence-corrected chi connectivity index (χ1v) is 6.32. The Balaban J connectivity index is 2.09. The molecule has 0 aliphatic rings. The topological polar surface area (TPSA) is 50.9 Å². The summed E-state index contributed by atoms with van der Waals surface area (Å²) in [4.78, 5) is 8.60. The average Bonchev–Trinajstić information content (AvgIpc) is 2.56. The van der Waals surface area contributed by atoms with Gasteiger partial charge in [-0.2, -0.15) is 0 Å². The summed E-state index contributed by atoms with van der Waals surface area (Å²) in [6, 6.07) is 3.33. The Kier molecular flexibility index (Phi) is 3.38. The smallest absolute Gasteiger partial charge is 0.120 e. The summed E-state index contributed by atoms with van der Waals surface area (Å²) in [7, 11) is 2.00. The van der Waals surface area contributed by atoms with Crippen LogP contribution in [0.5, 0.6) is 5.75 Å². The Morgan fingerprint density at radius 3 is 2.71 bits per heavy atom. The molecular weight excluding hydrogens is 234 g/mol. The van der Waals surface area contributed by atoms with Crippen LogP contribution in [0.1, 0.15) is 17.2 Å². The third kappa shape index (κ3) is 2.79. The van der Waals surface area contributed by atoms with E-state index in [1.54, 1.807) is 23.9 Å². The second-order valence-corrected chi connectivity index (χ2v) is 4.95. The summed E-state index contributed by atoms with van der Waals surface area (Å²) >= 11 is 1.60. The minimum atomic E-state index is 0.265. The number of aryl methyl sites for hydroxylation is 2. The first-order chi connectivity index (χ1) is 8.06. The number of hydrogen-bond acceptors (Lipinski definition) is 4. The van der Waals surface area contributed by atoms with Crippen molar-refractivity contribution in [3.8, 4) is 5.75 Å². The number of nitrogens with zero attached hydrogens (tertiary/aromatic N) is 3. The van der Waals surface area contributed by atoms with Gasteiger partial charge in [-0.1, -0.05) is 11.8 Å². The van der Waals surface area contributed by atoms with Crippen molar-refractivity contribution in [2.45, 2.75) is 24.6 Å². The molecule has 4 nitrogen and oxygen atoms in total. The highest BCUT2D eigenvalue weighted by molar-refractivity contribution is 7.98. The highest BCUT2D eigenvalue weighted by Crippen LogP contribution is 2.24. The van der Waals surface area contributed by atoms with Gasteiger partial charge in [0.2, 0.25) is 0 Å². The molecule has 2 heterocycles. The summed E-state index contributed by atoms with van der Waals surface area (Å²) in [5, 5.41) is 10.3. The molecular formula is C12H15N3OS. The summed E-state index contributed by atoms with van der Waals surface area (Å²) in [5.74, 6) is 2.06. The number of pyridine rings is 1. The van der Waals surface area contributed by atoms with Gasteiger partial charge in [0.15, 0.2) is 0 Å². The molecule has 2 aromatic rings. The molecule has 0 atom stereocenters.